The van der Waals surface area contributed by atoms with Gasteiger partial charge in [-0.3, -0.25) is 4.98 Å². The number of hydrogen-bond acceptors (Lipinski definition) is 4. The molecule has 0 saturated heterocycles. The third kappa shape index (κ3) is 4.90. The van der Waals surface area contributed by atoms with E-state index >= 15 is 0 Å². The predicted octanol–water partition coefficient (Wildman–Crippen LogP) is 6.85. The lowest BCUT2D eigenvalue weighted by molar-refractivity contribution is 0.626. The first-order chi connectivity index (χ1) is 14.5. The lowest BCUT2D eigenvalue weighted by Gasteiger charge is -2.04. The Bertz CT molecular complexity index is 1310. The Labute approximate surface area is 184 Å². The zero-order chi connectivity index (χ0) is 21.1. The number of aromatic nitrogens is 2. The van der Waals surface area contributed by atoms with Gasteiger partial charge in [0.2, 0.25) is 0 Å². The van der Waals surface area contributed by atoms with Crippen molar-refractivity contribution in [3.8, 4) is 0 Å². The van der Waals surface area contributed by atoms with Crippen LogP contribution in [-0.4, -0.2) is 9.97 Å². The van der Waals surface area contributed by atoms with Gasteiger partial charge in [0.25, 0.3) is 6.01 Å². The smallest absolute Gasteiger partial charge is 0.292 e. The van der Waals surface area contributed by atoms with E-state index in [0.717, 1.165) is 22.7 Å². The van der Waals surface area contributed by atoms with E-state index < -0.39 is 0 Å². The Morgan fingerprint density at radius 2 is 1.63 bits per heavy atom. The molecule has 0 aliphatic carbocycles. The summed E-state index contributed by atoms with van der Waals surface area (Å²) in [6, 6.07) is 21.9. The van der Waals surface area contributed by atoms with E-state index in [9.17, 15) is 0 Å². The second-order valence-corrected chi connectivity index (χ2v) is 7.87. The molecule has 0 fully saturated rings. The van der Waals surface area contributed by atoms with Crippen LogP contribution < -0.4 is 5.73 Å². The highest BCUT2D eigenvalue weighted by atomic mass is 35.5. The zero-order valence-corrected chi connectivity index (χ0v) is 17.8. The summed E-state index contributed by atoms with van der Waals surface area (Å²) in [5.41, 5.74) is 10.3. The zero-order valence-electron chi connectivity index (χ0n) is 16.3. The number of hydrogen-bond donors (Lipinski definition) is 1. The molecule has 4 nitrogen and oxygen atoms in total. The lowest BCUT2D eigenvalue weighted by atomic mass is 10.1. The highest BCUT2D eigenvalue weighted by Gasteiger charge is 2.02. The SMILES string of the molecule is Cc1ccc2cnc(Cc3ccc(Cl)cc3)cc2c1.Nc1nc2ccc(Cl)cc2o1. The van der Waals surface area contributed by atoms with Crippen molar-refractivity contribution in [2.24, 2.45) is 0 Å². The second-order valence-electron chi connectivity index (χ2n) is 6.99. The van der Waals surface area contributed by atoms with Crippen LogP contribution in [0.15, 0.2) is 77.3 Å². The van der Waals surface area contributed by atoms with Crippen LogP contribution in [0.3, 0.4) is 0 Å². The molecule has 0 radical (unpaired) electrons. The van der Waals surface area contributed by atoms with E-state index in [0.29, 0.717) is 10.6 Å². The number of nitrogens with zero attached hydrogens (tertiary/aromatic N) is 2. The van der Waals surface area contributed by atoms with Crippen molar-refractivity contribution >= 4 is 51.1 Å². The first-order valence-electron chi connectivity index (χ1n) is 9.37. The van der Waals surface area contributed by atoms with E-state index in [1.807, 2.05) is 30.5 Å². The Hall–Kier alpha value is -3.08. The predicted molar refractivity (Wildman–Crippen MR) is 124 cm³/mol. The normalized spacial score (nSPS) is 10.8. The molecule has 0 spiro atoms. The van der Waals surface area contributed by atoms with Gasteiger partial charge in [0, 0.05) is 39.8 Å². The molecule has 0 atom stereocenters. The van der Waals surface area contributed by atoms with Crippen LogP contribution in [0.25, 0.3) is 21.9 Å². The fourth-order valence-corrected chi connectivity index (χ4v) is 3.42. The first-order valence-corrected chi connectivity index (χ1v) is 10.1. The van der Waals surface area contributed by atoms with Crippen molar-refractivity contribution in [2.75, 3.05) is 5.73 Å². The standard InChI is InChI=1S/C17H14ClN.C7H5ClN2O/c1-12-2-5-14-11-19-17(10-15(14)8-12)9-13-3-6-16(18)7-4-13;8-4-1-2-5-6(3-4)11-7(9)10-5/h2-8,10-11H,9H2,1H3;1-3H,(H2,9,10). The van der Waals surface area contributed by atoms with Crippen LogP contribution in [0.2, 0.25) is 10.0 Å². The fourth-order valence-electron chi connectivity index (χ4n) is 3.13. The van der Waals surface area contributed by atoms with Gasteiger partial charge in [-0.05, 0) is 48.2 Å². The van der Waals surface area contributed by atoms with Gasteiger partial charge in [0.15, 0.2) is 5.58 Å². The number of oxazole rings is 1. The van der Waals surface area contributed by atoms with E-state index in [4.69, 9.17) is 33.4 Å². The largest absolute Gasteiger partial charge is 0.424 e. The Morgan fingerprint density at radius 3 is 2.43 bits per heavy atom. The van der Waals surface area contributed by atoms with Gasteiger partial charge in [-0.2, -0.15) is 4.98 Å². The Balaban J connectivity index is 0.000000168. The van der Waals surface area contributed by atoms with Crippen LogP contribution >= 0.6 is 23.2 Å². The van der Waals surface area contributed by atoms with Gasteiger partial charge >= 0.3 is 0 Å². The summed E-state index contributed by atoms with van der Waals surface area (Å²) in [5.74, 6) is 0. The van der Waals surface area contributed by atoms with Crippen LogP contribution in [0.5, 0.6) is 0 Å². The number of halogens is 2. The third-order valence-corrected chi connectivity index (χ3v) is 5.09. The number of benzene rings is 3. The highest BCUT2D eigenvalue weighted by Crippen LogP contribution is 2.21. The molecule has 6 heteroatoms. The van der Waals surface area contributed by atoms with Crippen molar-refractivity contribution in [3.63, 3.8) is 0 Å². The van der Waals surface area contributed by atoms with Crippen LogP contribution in [0, 0.1) is 6.92 Å². The lowest BCUT2D eigenvalue weighted by Crippen LogP contribution is -1.92. The molecule has 30 heavy (non-hydrogen) atoms. The molecule has 150 valence electrons. The number of nitrogens with two attached hydrogens (primary N) is 1. The number of nitrogen functional groups attached to an aromatic ring is 1. The molecule has 0 bridgehead atoms. The van der Waals surface area contributed by atoms with Gasteiger partial charge < -0.3 is 10.2 Å². The minimum Gasteiger partial charge on any atom is -0.424 e. The molecule has 0 aliphatic rings. The van der Waals surface area contributed by atoms with E-state index in [1.54, 1.807) is 18.2 Å². The van der Waals surface area contributed by atoms with E-state index in [1.165, 1.54) is 21.9 Å². The van der Waals surface area contributed by atoms with Crippen LogP contribution in [0.1, 0.15) is 16.8 Å². The summed E-state index contributed by atoms with van der Waals surface area (Å²) < 4.78 is 5.03. The molecule has 0 unspecified atom stereocenters. The number of rotatable bonds is 2. The molecule has 5 aromatic rings. The van der Waals surface area contributed by atoms with Gasteiger partial charge in [-0.25, -0.2) is 0 Å². The van der Waals surface area contributed by atoms with Gasteiger partial charge in [0.1, 0.15) is 5.52 Å². The van der Waals surface area contributed by atoms with Crippen molar-refractivity contribution in [3.05, 3.63) is 99.8 Å². The van der Waals surface area contributed by atoms with Crippen LogP contribution in [-0.2, 0) is 6.42 Å². The molecule has 0 amide bonds. The first kappa shape index (κ1) is 20.2. The molecule has 0 saturated carbocycles. The maximum absolute atomic E-state index is 5.89. The van der Waals surface area contributed by atoms with Crippen molar-refractivity contribution in [1.82, 2.24) is 9.97 Å². The molecular weight excluding hydrogens is 417 g/mol. The third-order valence-electron chi connectivity index (χ3n) is 4.60. The molecular formula is C24H19Cl2N3O. The van der Waals surface area contributed by atoms with Gasteiger partial charge in [-0.1, -0.05) is 59.1 Å². The van der Waals surface area contributed by atoms with Gasteiger partial charge in [-0.15, -0.1) is 0 Å². The molecule has 0 aliphatic heterocycles. The monoisotopic (exact) mass is 435 g/mol. The molecule has 2 N–H and O–H groups in total. The fraction of sp³-hybridized carbons (Fsp3) is 0.0833. The van der Waals surface area contributed by atoms with Crippen LogP contribution in [0.4, 0.5) is 6.01 Å². The summed E-state index contributed by atoms with van der Waals surface area (Å²) in [6.07, 6.45) is 2.78. The molecule has 2 heterocycles. The minimum atomic E-state index is 0.169. The number of aryl methyl sites for hydroxylation is 1. The number of anilines is 1. The summed E-state index contributed by atoms with van der Waals surface area (Å²) in [6.45, 7) is 2.11. The Morgan fingerprint density at radius 1 is 0.867 bits per heavy atom. The molecule has 2 aromatic heterocycles. The average molecular weight is 436 g/mol. The topological polar surface area (TPSA) is 64.9 Å². The Kier molecular flexibility index (Phi) is 5.88. The maximum atomic E-state index is 5.89. The summed E-state index contributed by atoms with van der Waals surface area (Å²) in [4.78, 5) is 8.43. The summed E-state index contributed by atoms with van der Waals surface area (Å²) in [5, 5.41) is 3.82. The molecule has 5 rings (SSSR count). The van der Waals surface area contributed by atoms with Crippen molar-refractivity contribution in [2.45, 2.75) is 13.3 Å². The van der Waals surface area contributed by atoms with Gasteiger partial charge in [0.05, 0.1) is 0 Å². The highest BCUT2D eigenvalue weighted by molar-refractivity contribution is 6.31. The number of pyridine rings is 1. The summed E-state index contributed by atoms with van der Waals surface area (Å²) in [7, 11) is 0. The second kappa shape index (κ2) is 8.74. The summed E-state index contributed by atoms with van der Waals surface area (Å²) >= 11 is 11.6. The maximum Gasteiger partial charge on any atom is 0.292 e. The minimum absolute atomic E-state index is 0.169. The number of fused-ring (bicyclic) bond motifs is 2. The van der Waals surface area contributed by atoms with E-state index in [-0.39, 0.29) is 6.01 Å². The quantitative estimate of drug-likeness (QED) is 0.329. The average Bonchev–Trinajstić information content (AvgIpc) is 3.09. The van der Waals surface area contributed by atoms with Crippen molar-refractivity contribution in [1.29, 1.82) is 0 Å². The van der Waals surface area contributed by atoms with Crippen molar-refractivity contribution < 1.29 is 4.42 Å². The molecule has 3 aromatic carbocycles. The van der Waals surface area contributed by atoms with E-state index in [2.05, 4.69) is 41.2 Å².